The quantitative estimate of drug-likeness (QED) is 0.194. The zero-order chi connectivity index (χ0) is 23.6. The van der Waals surface area contributed by atoms with E-state index in [2.05, 4.69) is 134 Å². The van der Waals surface area contributed by atoms with E-state index in [1.807, 2.05) is 6.21 Å². The van der Waals surface area contributed by atoms with Crippen molar-refractivity contribution in [3.8, 4) is 11.1 Å². The van der Waals surface area contributed by atoms with Gasteiger partial charge in [0.25, 0.3) is 0 Å². The van der Waals surface area contributed by atoms with Gasteiger partial charge in [0.2, 0.25) is 0 Å². The highest BCUT2D eigenvalue weighted by molar-refractivity contribution is 6.22. The molecule has 0 aliphatic carbocycles. The second-order valence-corrected chi connectivity index (χ2v) is 8.70. The summed E-state index contributed by atoms with van der Waals surface area (Å²) in [6.07, 6.45) is 6.16. The number of hydrogen-bond donors (Lipinski definition) is 0. The van der Waals surface area contributed by atoms with Crippen LogP contribution in [-0.2, 0) is 0 Å². The summed E-state index contributed by atoms with van der Waals surface area (Å²) >= 11 is 0. The van der Waals surface area contributed by atoms with Crippen LogP contribution in [0.1, 0.15) is 6.92 Å². The molecule has 0 unspecified atom stereocenters. The van der Waals surface area contributed by atoms with Crippen molar-refractivity contribution in [1.82, 2.24) is 0 Å². The highest BCUT2D eigenvalue weighted by Crippen LogP contribution is 2.44. The molecule has 0 heterocycles. The van der Waals surface area contributed by atoms with Crippen molar-refractivity contribution >= 4 is 56.4 Å². The standard InChI is InChI=1S/C34H25N/c1-2-24-12-3-4-13-25(24)22-23-35-34-31-19-9-7-17-29(31)33(30-18-8-10-20-32(30)34)28-21-11-15-26-14-5-6-16-27(26)28/h2-23H,1H3/b24-2-,25-22-,35-23?. The smallest absolute Gasteiger partial charge is 0.0786 e. The van der Waals surface area contributed by atoms with Crippen molar-refractivity contribution in [2.24, 2.45) is 4.99 Å². The van der Waals surface area contributed by atoms with Gasteiger partial charge >= 0.3 is 0 Å². The summed E-state index contributed by atoms with van der Waals surface area (Å²) < 4.78 is 0. The Bertz CT molecular complexity index is 1800. The highest BCUT2D eigenvalue weighted by Gasteiger charge is 2.15. The van der Waals surface area contributed by atoms with Crippen LogP contribution >= 0.6 is 0 Å². The van der Waals surface area contributed by atoms with Crippen molar-refractivity contribution in [3.63, 3.8) is 0 Å². The molecule has 0 spiro atoms. The van der Waals surface area contributed by atoms with Gasteiger partial charge in [-0.15, -0.1) is 0 Å². The molecule has 166 valence electrons. The summed E-state index contributed by atoms with van der Waals surface area (Å²) in [7, 11) is 0. The molecule has 6 rings (SSSR count). The molecule has 1 heteroatoms. The van der Waals surface area contributed by atoms with Gasteiger partial charge < -0.3 is 0 Å². The Morgan fingerprint density at radius 3 is 1.74 bits per heavy atom. The Balaban J connectivity index is 1.67. The summed E-state index contributed by atoms with van der Waals surface area (Å²) in [5.74, 6) is 0. The van der Waals surface area contributed by atoms with E-state index in [0.29, 0.717) is 0 Å². The molecule has 6 aromatic rings. The SMILES string of the molecule is C/C=c1/cccc/c1=C/C=Nc1c2ccccc2c(-c2cccc3ccccc23)c2ccccc12. The third-order valence-electron chi connectivity index (χ3n) is 6.73. The molecule has 1 nitrogen and oxygen atoms in total. The van der Waals surface area contributed by atoms with E-state index in [0.717, 1.165) is 16.5 Å². The fourth-order valence-corrected chi connectivity index (χ4v) is 5.10. The Morgan fingerprint density at radius 1 is 0.514 bits per heavy atom. The van der Waals surface area contributed by atoms with Crippen LogP contribution < -0.4 is 10.4 Å². The summed E-state index contributed by atoms with van der Waals surface area (Å²) in [4.78, 5) is 5.04. The van der Waals surface area contributed by atoms with Crippen LogP contribution in [-0.4, -0.2) is 6.21 Å². The molecule has 0 aromatic heterocycles. The van der Waals surface area contributed by atoms with Gasteiger partial charge in [-0.2, -0.15) is 0 Å². The average Bonchev–Trinajstić information content (AvgIpc) is 2.93. The van der Waals surface area contributed by atoms with Gasteiger partial charge in [-0.05, 0) is 56.1 Å². The maximum atomic E-state index is 5.04. The minimum absolute atomic E-state index is 1.01. The number of aliphatic imine (C=N–C) groups is 1. The van der Waals surface area contributed by atoms with Crippen molar-refractivity contribution < 1.29 is 0 Å². The molecule has 6 aromatic carbocycles. The van der Waals surface area contributed by atoms with E-state index >= 15 is 0 Å². The molecular formula is C34H25N. The van der Waals surface area contributed by atoms with Gasteiger partial charge in [0.1, 0.15) is 0 Å². The third-order valence-corrected chi connectivity index (χ3v) is 6.73. The van der Waals surface area contributed by atoms with E-state index in [4.69, 9.17) is 4.99 Å². The molecule has 0 radical (unpaired) electrons. The molecule has 0 aliphatic rings. The van der Waals surface area contributed by atoms with Crippen molar-refractivity contribution in [3.05, 3.63) is 126 Å². The fraction of sp³-hybridized carbons (Fsp3) is 0.0294. The highest BCUT2D eigenvalue weighted by atomic mass is 14.7. The van der Waals surface area contributed by atoms with Gasteiger partial charge in [-0.25, -0.2) is 0 Å². The molecular weight excluding hydrogens is 422 g/mol. The Labute approximate surface area is 205 Å². The molecule has 0 N–H and O–H groups in total. The zero-order valence-corrected chi connectivity index (χ0v) is 19.6. The maximum Gasteiger partial charge on any atom is 0.0786 e. The lowest BCUT2D eigenvalue weighted by atomic mass is 9.88. The van der Waals surface area contributed by atoms with Gasteiger partial charge in [0.05, 0.1) is 5.69 Å². The van der Waals surface area contributed by atoms with E-state index in [9.17, 15) is 0 Å². The lowest BCUT2D eigenvalue weighted by Gasteiger charge is -2.16. The fourth-order valence-electron chi connectivity index (χ4n) is 5.10. The number of fused-ring (bicyclic) bond motifs is 3. The predicted molar refractivity (Wildman–Crippen MR) is 153 cm³/mol. The first-order chi connectivity index (χ1) is 17.3. The molecule has 0 saturated carbocycles. The lowest BCUT2D eigenvalue weighted by Crippen LogP contribution is -2.23. The van der Waals surface area contributed by atoms with Crippen LogP contribution in [0.4, 0.5) is 5.69 Å². The molecule has 0 saturated heterocycles. The van der Waals surface area contributed by atoms with Gasteiger partial charge in [0.15, 0.2) is 0 Å². The van der Waals surface area contributed by atoms with Crippen molar-refractivity contribution in [1.29, 1.82) is 0 Å². The first-order valence-electron chi connectivity index (χ1n) is 12.0. The zero-order valence-electron chi connectivity index (χ0n) is 19.6. The third kappa shape index (κ3) is 3.72. The van der Waals surface area contributed by atoms with Crippen LogP contribution in [0.3, 0.4) is 0 Å². The monoisotopic (exact) mass is 447 g/mol. The second-order valence-electron chi connectivity index (χ2n) is 8.70. The van der Waals surface area contributed by atoms with Gasteiger partial charge in [-0.1, -0.05) is 121 Å². The topological polar surface area (TPSA) is 12.4 Å². The summed E-state index contributed by atoms with van der Waals surface area (Å²) in [6.45, 7) is 2.07. The van der Waals surface area contributed by atoms with E-state index in [-0.39, 0.29) is 0 Å². The van der Waals surface area contributed by atoms with Gasteiger partial charge in [0, 0.05) is 17.0 Å². The first-order valence-corrected chi connectivity index (χ1v) is 12.0. The number of benzene rings is 6. The van der Waals surface area contributed by atoms with Crippen molar-refractivity contribution in [2.75, 3.05) is 0 Å². The minimum atomic E-state index is 1.01. The predicted octanol–water partition coefficient (Wildman–Crippen LogP) is 7.80. The van der Waals surface area contributed by atoms with Crippen LogP contribution in [0.5, 0.6) is 0 Å². The van der Waals surface area contributed by atoms with Crippen molar-refractivity contribution in [2.45, 2.75) is 6.92 Å². The van der Waals surface area contributed by atoms with Gasteiger partial charge in [-0.3, -0.25) is 4.99 Å². The summed E-state index contributed by atoms with van der Waals surface area (Å²) in [5.41, 5.74) is 3.53. The maximum absolute atomic E-state index is 5.04. The van der Waals surface area contributed by atoms with Crippen LogP contribution in [0.25, 0.3) is 55.6 Å². The lowest BCUT2D eigenvalue weighted by molar-refractivity contribution is 1.51. The molecule has 0 aliphatic heterocycles. The molecule has 0 bridgehead atoms. The number of nitrogens with zero attached hydrogens (tertiary/aromatic N) is 1. The number of hydrogen-bond acceptors (Lipinski definition) is 1. The summed E-state index contributed by atoms with van der Waals surface area (Å²) in [6, 6.07) is 40.9. The normalized spacial score (nSPS) is 12.9. The second kappa shape index (κ2) is 9.04. The average molecular weight is 448 g/mol. The Hall–Kier alpha value is -4.49. The molecule has 35 heavy (non-hydrogen) atoms. The van der Waals surface area contributed by atoms with E-state index < -0.39 is 0 Å². The Morgan fingerprint density at radius 2 is 1.06 bits per heavy atom. The summed E-state index contributed by atoms with van der Waals surface area (Å²) in [5, 5.41) is 9.65. The van der Waals surface area contributed by atoms with E-state index in [1.165, 1.54) is 43.1 Å². The largest absolute Gasteiger partial charge is 0.256 e. The van der Waals surface area contributed by atoms with Crippen LogP contribution in [0, 0.1) is 0 Å². The molecule has 0 fully saturated rings. The Kier molecular flexibility index (Phi) is 5.44. The van der Waals surface area contributed by atoms with E-state index in [1.54, 1.807) is 0 Å². The van der Waals surface area contributed by atoms with Crippen LogP contribution in [0.15, 0.2) is 120 Å². The number of rotatable bonds is 3. The minimum Gasteiger partial charge on any atom is -0.256 e. The molecule has 0 amide bonds. The first kappa shape index (κ1) is 21.1. The van der Waals surface area contributed by atoms with Crippen LogP contribution in [0.2, 0.25) is 0 Å². The molecule has 0 atom stereocenters.